The van der Waals surface area contributed by atoms with Gasteiger partial charge in [0.15, 0.2) is 0 Å². The quantitative estimate of drug-likeness (QED) is 0.325. The third kappa shape index (κ3) is 5.78. The summed E-state index contributed by atoms with van der Waals surface area (Å²) < 4.78 is 5.98. The van der Waals surface area contributed by atoms with Crippen molar-refractivity contribution in [3.05, 3.63) is 64.1 Å². The normalized spacial score (nSPS) is 18.4. The van der Waals surface area contributed by atoms with E-state index in [0.717, 1.165) is 29.6 Å². The van der Waals surface area contributed by atoms with Crippen molar-refractivity contribution in [2.45, 2.75) is 16.2 Å². The Balaban J connectivity index is 0.00000100. The van der Waals surface area contributed by atoms with Gasteiger partial charge in [0, 0.05) is 23.0 Å². The number of thioether (sulfide) groups is 1. The molecule has 0 spiro atoms. The van der Waals surface area contributed by atoms with Crippen LogP contribution in [0, 0.1) is 0 Å². The molecule has 1 saturated heterocycles. The number of hydrogen-bond donors (Lipinski definition) is 1. The van der Waals surface area contributed by atoms with E-state index < -0.39 is 0 Å². The van der Waals surface area contributed by atoms with Crippen LogP contribution in [0.5, 0.6) is 0 Å². The van der Waals surface area contributed by atoms with Crippen LogP contribution in [0.15, 0.2) is 53.4 Å². The molecule has 0 radical (unpaired) electrons. The molecule has 0 saturated carbocycles. The van der Waals surface area contributed by atoms with Crippen LogP contribution in [-0.2, 0) is 4.74 Å². The summed E-state index contributed by atoms with van der Waals surface area (Å²) in [6.07, 6.45) is 0.108. The van der Waals surface area contributed by atoms with Gasteiger partial charge in [-0.25, -0.2) is 0 Å². The smallest absolute Gasteiger partial charge is 0.0862 e. The Morgan fingerprint density at radius 3 is 2.58 bits per heavy atom. The average molecular weight is 496 g/mol. The largest absolute Gasteiger partial charge is 0.374 e. The van der Waals surface area contributed by atoms with Crippen molar-refractivity contribution >= 4 is 57.6 Å². The maximum Gasteiger partial charge on any atom is 0.0862 e. The lowest BCUT2D eigenvalue weighted by molar-refractivity contribution is 0.0273. The summed E-state index contributed by atoms with van der Waals surface area (Å²) in [5.41, 5.74) is 1.23. The molecule has 1 N–H and O–H groups in total. The van der Waals surface area contributed by atoms with Gasteiger partial charge in [0.25, 0.3) is 0 Å². The zero-order valence-corrected chi connectivity index (χ0v) is 17.8. The summed E-state index contributed by atoms with van der Waals surface area (Å²) in [4.78, 5) is 2.95. The van der Waals surface area contributed by atoms with E-state index in [1.54, 1.807) is 11.8 Å². The van der Waals surface area contributed by atoms with E-state index >= 15 is 0 Å². The minimum absolute atomic E-state index is 0.108. The Labute approximate surface area is 171 Å². The van der Waals surface area contributed by atoms with E-state index in [-0.39, 0.29) is 11.4 Å². The maximum atomic E-state index is 6.33. The van der Waals surface area contributed by atoms with Gasteiger partial charge in [-0.1, -0.05) is 76.1 Å². The van der Waals surface area contributed by atoms with Gasteiger partial charge in [-0.2, -0.15) is 0 Å². The molecule has 1 fully saturated rings. The van der Waals surface area contributed by atoms with Crippen molar-refractivity contribution in [1.29, 1.82) is 0 Å². The second kappa shape index (κ2) is 10.9. The predicted octanol–water partition coefficient (Wildman–Crippen LogP) is 5.87. The molecule has 1 aliphatic rings. The van der Waals surface area contributed by atoms with E-state index in [2.05, 4.69) is 52.2 Å². The third-order valence-corrected chi connectivity index (χ3v) is 5.67. The average Bonchev–Trinajstić information content (AvgIpc) is 2.65. The van der Waals surface area contributed by atoms with Gasteiger partial charge in [-0.15, -0.1) is 11.8 Å². The predicted molar refractivity (Wildman–Crippen MR) is 114 cm³/mol. The first kappa shape index (κ1) is 20.3. The van der Waals surface area contributed by atoms with Crippen molar-refractivity contribution in [3.63, 3.8) is 0 Å². The lowest BCUT2D eigenvalue weighted by atomic mass is 10.1. The molecule has 2 aromatic carbocycles. The van der Waals surface area contributed by atoms with E-state index in [9.17, 15) is 0 Å². The fourth-order valence-corrected chi connectivity index (χ4v) is 4.24. The van der Waals surface area contributed by atoms with Gasteiger partial charge in [0.1, 0.15) is 0 Å². The molecule has 24 heavy (non-hydrogen) atoms. The van der Waals surface area contributed by atoms with E-state index in [1.807, 2.05) is 29.2 Å². The highest BCUT2D eigenvalue weighted by Gasteiger charge is 2.27. The number of nitrogens with one attached hydrogen (secondary N) is 1. The molecule has 2 nitrogen and oxygen atoms in total. The Kier molecular flexibility index (Phi) is 9.22. The molecule has 0 aromatic heterocycles. The second-order valence-corrected chi connectivity index (χ2v) is 7.16. The van der Waals surface area contributed by atoms with Crippen molar-refractivity contribution in [2.24, 2.45) is 0 Å². The first-order valence-corrected chi connectivity index (χ1v) is 11.4. The number of benzene rings is 2. The summed E-state index contributed by atoms with van der Waals surface area (Å²) in [6.45, 7) is 2.48. The van der Waals surface area contributed by atoms with Gasteiger partial charge in [-0.3, -0.25) is 0 Å². The fourth-order valence-electron chi connectivity index (χ4n) is 2.49. The molecular formula is C18H20Cl2INOS. The summed E-state index contributed by atoms with van der Waals surface area (Å²) in [7, 11) is 0. The highest BCUT2D eigenvalue weighted by molar-refractivity contribution is 14.1. The molecule has 2 atom stereocenters. The standard InChI is InChI=1S/C17H17Cl2NOS.CH3I/c18-13-6-7-14(19)16(10-13)22-17(12-4-2-1-3-5-12)15-11-20-8-9-21-15;1-2/h1-7,10,15,17,20H,8-9,11H2;1H3/t15-,17-;/m1./s1. The van der Waals surface area contributed by atoms with E-state index in [1.165, 1.54) is 5.56 Å². The summed E-state index contributed by atoms with van der Waals surface area (Å²) in [5, 5.41) is 4.99. The molecule has 3 rings (SSSR count). The monoisotopic (exact) mass is 495 g/mol. The van der Waals surface area contributed by atoms with Gasteiger partial charge in [-0.05, 0) is 28.7 Å². The van der Waals surface area contributed by atoms with Crippen molar-refractivity contribution in [1.82, 2.24) is 5.32 Å². The summed E-state index contributed by atoms with van der Waals surface area (Å²) in [5.74, 6) is 0. The number of hydrogen-bond acceptors (Lipinski definition) is 3. The highest BCUT2D eigenvalue weighted by atomic mass is 127. The first-order valence-electron chi connectivity index (χ1n) is 7.61. The molecule has 1 aliphatic heterocycles. The molecule has 1 heterocycles. The Bertz CT molecular complexity index is 624. The van der Waals surface area contributed by atoms with Gasteiger partial charge >= 0.3 is 0 Å². The molecule has 0 bridgehead atoms. The van der Waals surface area contributed by atoms with Gasteiger partial charge in [0.05, 0.1) is 23.0 Å². The third-order valence-electron chi connectivity index (χ3n) is 3.57. The van der Waals surface area contributed by atoms with Crippen LogP contribution < -0.4 is 5.32 Å². The topological polar surface area (TPSA) is 21.3 Å². The number of ether oxygens (including phenoxy) is 1. The number of morpholine rings is 1. The molecule has 0 unspecified atom stereocenters. The molecule has 0 aliphatic carbocycles. The molecular weight excluding hydrogens is 476 g/mol. The van der Waals surface area contributed by atoms with Crippen molar-refractivity contribution in [3.8, 4) is 0 Å². The zero-order chi connectivity index (χ0) is 17.4. The molecule has 2 aromatic rings. The molecule has 0 amide bonds. The number of rotatable bonds is 4. The number of alkyl halides is 1. The van der Waals surface area contributed by atoms with E-state index in [0.29, 0.717) is 5.02 Å². The van der Waals surface area contributed by atoms with Crippen molar-refractivity contribution < 1.29 is 4.74 Å². The van der Waals surface area contributed by atoms with Crippen LogP contribution >= 0.6 is 57.6 Å². The Morgan fingerprint density at radius 1 is 1.17 bits per heavy atom. The minimum atomic E-state index is 0.108. The van der Waals surface area contributed by atoms with Gasteiger partial charge in [0.2, 0.25) is 0 Å². The highest BCUT2D eigenvalue weighted by Crippen LogP contribution is 2.42. The number of halogens is 3. The minimum Gasteiger partial charge on any atom is -0.374 e. The van der Waals surface area contributed by atoms with Crippen LogP contribution in [-0.4, -0.2) is 30.7 Å². The maximum absolute atomic E-state index is 6.33. The molecule has 6 heteroatoms. The first-order chi connectivity index (χ1) is 11.7. The van der Waals surface area contributed by atoms with Crippen LogP contribution in [0.2, 0.25) is 10.0 Å². The lowest BCUT2D eigenvalue weighted by Gasteiger charge is -2.31. The SMILES string of the molecule is CI.Clc1ccc(Cl)c(S[C@H](c2ccccc2)[C@H]2CNCCO2)c1. The van der Waals surface area contributed by atoms with Gasteiger partial charge < -0.3 is 10.1 Å². The second-order valence-electron chi connectivity index (χ2n) is 5.14. The Hall–Kier alpha value is 0.0200. The van der Waals surface area contributed by atoms with Crippen LogP contribution in [0.1, 0.15) is 10.8 Å². The zero-order valence-electron chi connectivity index (χ0n) is 13.3. The van der Waals surface area contributed by atoms with E-state index in [4.69, 9.17) is 27.9 Å². The summed E-state index contributed by atoms with van der Waals surface area (Å²) in [6, 6.07) is 16.0. The lowest BCUT2D eigenvalue weighted by Crippen LogP contribution is -2.41. The van der Waals surface area contributed by atoms with Crippen molar-refractivity contribution in [2.75, 3.05) is 24.6 Å². The van der Waals surface area contributed by atoms with Crippen LogP contribution in [0.4, 0.5) is 0 Å². The Morgan fingerprint density at radius 2 is 1.92 bits per heavy atom. The molecule has 130 valence electrons. The van der Waals surface area contributed by atoms with Crippen LogP contribution in [0.3, 0.4) is 0 Å². The summed E-state index contributed by atoms with van der Waals surface area (Å²) >= 11 is 16.3. The van der Waals surface area contributed by atoms with Crippen LogP contribution in [0.25, 0.3) is 0 Å². The fraction of sp³-hybridized carbons (Fsp3) is 0.333.